The van der Waals surface area contributed by atoms with E-state index in [0.717, 1.165) is 5.56 Å². The Kier molecular flexibility index (Phi) is 4.79. The summed E-state index contributed by atoms with van der Waals surface area (Å²) in [4.78, 5) is 0. The normalized spacial score (nSPS) is 13.4. The molecule has 0 saturated carbocycles. The molecule has 0 amide bonds. The number of hydrogen-bond acceptors (Lipinski definition) is 2. The van der Waals surface area contributed by atoms with E-state index in [1.807, 2.05) is 0 Å². The van der Waals surface area contributed by atoms with E-state index in [2.05, 4.69) is 10.4 Å². The molecule has 0 fully saturated rings. The van der Waals surface area contributed by atoms with Crippen LogP contribution in [-0.2, 0) is 13.6 Å². The van der Waals surface area contributed by atoms with Gasteiger partial charge in [-0.05, 0) is 44.0 Å². The average Bonchev–Trinajstić information content (AvgIpc) is 2.67. The molecule has 3 nitrogen and oxygen atoms in total. The summed E-state index contributed by atoms with van der Waals surface area (Å²) >= 11 is 0. The lowest BCUT2D eigenvalue weighted by atomic mass is 10.0. The first kappa shape index (κ1) is 17.5. The quantitative estimate of drug-likeness (QED) is 0.863. The molecule has 0 aliphatic carbocycles. The van der Waals surface area contributed by atoms with Gasteiger partial charge in [-0.1, -0.05) is 6.07 Å². The van der Waals surface area contributed by atoms with E-state index in [4.69, 9.17) is 0 Å². The van der Waals surface area contributed by atoms with Crippen LogP contribution >= 0.6 is 0 Å². The average molecular weight is 329 g/mol. The fourth-order valence-electron chi connectivity index (χ4n) is 2.63. The monoisotopic (exact) mass is 329 g/mol. The van der Waals surface area contributed by atoms with E-state index in [9.17, 15) is 17.6 Å². The second-order valence-corrected chi connectivity index (χ2v) is 5.63. The molecule has 1 heterocycles. The number of nitrogens with zero attached hydrogens (tertiary/aromatic N) is 2. The standard InChI is InChI=1S/C16H19F4N3/c1-9-5-6-13(17)7-12(9)8-21-15(16(18,19)20)14-10(2)22-23(4)11(14)3/h5-7,15,21H,8H2,1-4H3/t15-/m0/s1. The maximum absolute atomic E-state index is 13.5. The summed E-state index contributed by atoms with van der Waals surface area (Å²) in [5.74, 6) is -0.468. The number of aromatic nitrogens is 2. The molecule has 7 heteroatoms. The molecule has 1 atom stereocenters. The Morgan fingerprint density at radius 1 is 1.22 bits per heavy atom. The molecule has 0 unspecified atom stereocenters. The number of hydrogen-bond donors (Lipinski definition) is 1. The summed E-state index contributed by atoms with van der Waals surface area (Å²) in [6.45, 7) is 4.81. The van der Waals surface area contributed by atoms with Crippen LogP contribution in [0.5, 0.6) is 0 Å². The van der Waals surface area contributed by atoms with Gasteiger partial charge in [0, 0.05) is 24.8 Å². The van der Waals surface area contributed by atoms with Crippen molar-refractivity contribution in [3.8, 4) is 0 Å². The Morgan fingerprint density at radius 3 is 2.39 bits per heavy atom. The number of alkyl halides is 3. The van der Waals surface area contributed by atoms with E-state index < -0.39 is 18.0 Å². The molecule has 126 valence electrons. The van der Waals surface area contributed by atoms with Crippen LogP contribution in [0.1, 0.15) is 34.1 Å². The molecule has 0 bridgehead atoms. The molecule has 23 heavy (non-hydrogen) atoms. The Labute approximate surface area is 132 Å². The largest absolute Gasteiger partial charge is 0.408 e. The van der Waals surface area contributed by atoms with Crippen molar-refractivity contribution in [2.24, 2.45) is 7.05 Å². The third-order valence-electron chi connectivity index (χ3n) is 3.99. The fraction of sp³-hybridized carbons (Fsp3) is 0.438. The van der Waals surface area contributed by atoms with Gasteiger partial charge in [0.05, 0.1) is 5.69 Å². The van der Waals surface area contributed by atoms with Gasteiger partial charge >= 0.3 is 6.18 Å². The second kappa shape index (κ2) is 6.31. The maximum Gasteiger partial charge on any atom is 0.408 e. The predicted molar refractivity (Wildman–Crippen MR) is 79.5 cm³/mol. The molecule has 2 rings (SSSR count). The van der Waals surface area contributed by atoms with Gasteiger partial charge in [-0.2, -0.15) is 18.3 Å². The maximum atomic E-state index is 13.5. The minimum Gasteiger partial charge on any atom is -0.298 e. The molecule has 0 radical (unpaired) electrons. The summed E-state index contributed by atoms with van der Waals surface area (Å²) in [5, 5.41) is 6.56. The molecule has 0 spiro atoms. The molecule has 1 aromatic carbocycles. The Balaban J connectivity index is 2.32. The number of aryl methyl sites for hydroxylation is 3. The van der Waals surface area contributed by atoms with Crippen LogP contribution in [0.2, 0.25) is 0 Å². The van der Waals surface area contributed by atoms with E-state index in [0.29, 0.717) is 17.0 Å². The highest BCUT2D eigenvalue weighted by Crippen LogP contribution is 2.36. The summed E-state index contributed by atoms with van der Waals surface area (Å²) in [6, 6.07) is 2.24. The second-order valence-electron chi connectivity index (χ2n) is 5.63. The zero-order valence-electron chi connectivity index (χ0n) is 13.4. The van der Waals surface area contributed by atoms with Gasteiger partial charge in [0.1, 0.15) is 11.9 Å². The number of rotatable bonds is 4. The lowest BCUT2D eigenvalue weighted by Crippen LogP contribution is -2.34. The first-order chi connectivity index (χ1) is 10.6. The molecular formula is C16H19F4N3. The summed E-state index contributed by atoms with van der Waals surface area (Å²) in [6.07, 6.45) is -4.47. The third-order valence-corrected chi connectivity index (χ3v) is 3.99. The van der Waals surface area contributed by atoms with Gasteiger partial charge in [-0.25, -0.2) is 4.39 Å². The number of halogens is 4. The summed E-state index contributed by atoms with van der Waals surface area (Å²) in [7, 11) is 1.61. The molecular weight excluding hydrogens is 310 g/mol. The van der Waals surface area contributed by atoms with Crippen LogP contribution in [-0.4, -0.2) is 16.0 Å². The third kappa shape index (κ3) is 3.72. The minimum atomic E-state index is -4.47. The van der Waals surface area contributed by atoms with Crippen LogP contribution in [0, 0.1) is 26.6 Å². The number of nitrogens with one attached hydrogen (secondary N) is 1. The summed E-state index contributed by atoms with van der Waals surface area (Å²) in [5.41, 5.74) is 2.14. The highest BCUT2D eigenvalue weighted by atomic mass is 19.4. The molecule has 2 aromatic rings. The van der Waals surface area contributed by atoms with E-state index in [1.165, 1.54) is 16.8 Å². The summed E-state index contributed by atoms with van der Waals surface area (Å²) < 4.78 is 55.2. The van der Waals surface area contributed by atoms with E-state index in [-0.39, 0.29) is 12.1 Å². The van der Waals surface area contributed by atoms with Gasteiger partial charge < -0.3 is 0 Å². The first-order valence-corrected chi connectivity index (χ1v) is 7.16. The van der Waals surface area contributed by atoms with Crippen LogP contribution < -0.4 is 5.32 Å². The molecule has 1 aromatic heterocycles. The smallest absolute Gasteiger partial charge is 0.298 e. The van der Waals surface area contributed by atoms with Crippen molar-refractivity contribution in [3.05, 3.63) is 52.1 Å². The van der Waals surface area contributed by atoms with Crippen LogP contribution in [0.3, 0.4) is 0 Å². The molecule has 0 aliphatic heterocycles. The van der Waals surface area contributed by atoms with Crippen molar-refractivity contribution in [1.82, 2.24) is 15.1 Å². The van der Waals surface area contributed by atoms with E-state index in [1.54, 1.807) is 33.9 Å². The van der Waals surface area contributed by atoms with Gasteiger partial charge in [0.15, 0.2) is 0 Å². The van der Waals surface area contributed by atoms with Crippen molar-refractivity contribution in [1.29, 1.82) is 0 Å². The lowest BCUT2D eigenvalue weighted by molar-refractivity contribution is -0.158. The van der Waals surface area contributed by atoms with Crippen LogP contribution in [0.15, 0.2) is 18.2 Å². The van der Waals surface area contributed by atoms with Crippen LogP contribution in [0.4, 0.5) is 17.6 Å². The van der Waals surface area contributed by atoms with Crippen molar-refractivity contribution >= 4 is 0 Å². The number of benzene rings is 1. The van der Waals surface area contributed by atoms with Crippen molar-refractivity contribution < 1.29 is 17.6 Å². The fourth-order valence-corrected chi connectivity index (χ4v) is 2.63. The predicted octanol–water partition coefficient (Wildman–Crippen LogP) is 3.88. The molecule has 1 N–H and O–H groups in total. The van der Waals surface area contributed by atoms with Crippen molar-refractivity contribution in [2.75, 3.05) is 0 Å². The van der Waals surface area contributed by atoms with Gasteiger partial charge in [-0.3, -0.25) is 10.00 Å². The highest BCUT2D eigenvalue weighted by molar-refractivity contribution is 5.31. The molecule has 0 saturated heterocycles. The zero-order valence-corrected chi connectivity index (χ0v) is 13.4. The van der Waals surface area contributed by atoms with Crippen molar-refractivity contribution in [2.45, 2.75) is 39.5 Å². The van der Waals surface area contributed by atoms with Gasteiger partial charge in [0.2, 0.25) is 0 Å². The SMILES string of the molecule is Cc1ccc(F)cc1CN[C@@H](c1c(C)nn(C)c1C)C(F)(F)F. The topological polar surface area (TPSA) is 29.9 Å². The van der Waals surface area contributed by atoms with Crippen molar-refractivity contribution in [3.63, 3.8) is 0 Å². The van der Waals surface area contributed by atoms with Gasteiger partial charge in [0.25, 0.3) is 0 Å². The first-order valence-electron chi connectivity index (χ1n) is 7.16. The Morgan fingerprint density at radius 2 is 1.87 bits per heavy atom. The highest BCUT2D eigenvalue weighted by Gasteiger charge is 2.43. The lowest BCUT2D eigenvalue weighted by Gasteiger charge is -2.23. The van der Waals surface area contributed by atoms with Crippen LogP contribution in [0.25, 0.3) is 0 Å². The Hall–Kier alpha value is -1.89. The zero-order chi connectivity index (χ0) is 17.4. The molecule has 0 aliphatic rings. The van der Waals surface area contributed by atoms with E-state index >= 15 is 0 Å². The minimum absolute atomic E-state index is 0.0818. The van der Waals surface area contributed by atoms with Gasteiger partial charge in [-0.15, -0.1) is 0 Å². The Bertz CT molecular complexity index is 704.